The molecule has 0 bridgehead atoms. The number of halogens is 1. The van der Waals surface area contributed by atoms with E-state index in [1.165, 1.54) is 24.4 Å². The smallest absolute Gasteiger partial charge is 0.165 e. The molecule has 0 amide bonds. The summed E-state index contributed by atoms with van der Waals surface area (Å²) in [6.07, 6.45) is 1.49. The first-order chi connectivity index (χ1) is 8.16. The van der Waals surface area contributed by atoms with E-state index in [2.05, 4.69) is 10.3 Å². The second-order valence-electron chi connectivity index (χ2n) is 3.58. The minimum atomic E-state index is -0.434. The molecule has 17 heavy (non-hydrogen) atoms. The Morgan fingerprint density at radius 3 is 2.94 bits per heavy atom. The van der Waals surface area contributed by atoms with Gasteiger partial charge in [-0.05, 0) is 30.3 Å². The monoisotopic (exact) mass is 233 g/mol. The van der Waals surface area contributed by atoms with Gasteiger partial charge in [0.2, 0.25) is 0 Å². The summed E-state index contributed by atoms with van der Waals surface area (Å²) in [5.74, 6) is -0.173. The van der Waals surface area contributed by atoms with Crippen molar-refractivity contribution in [3.63, 3.8) is 0 Å². The fraction of sp³-hybridized carbons (Fsp3) is 0.0833. The largest absolute Gasteiger partial charge is 0.508 e. The average Bonchev–Trinajstić information content (AvgIpc) is 2.32. The Balaban J connectivity index is 2.12. The zero-order valence-corrected chi connectivity index (χ0v) is 9.02. The lowest BCUT2D eigenvalue weighted by molar-refractivity contribution is 0.469. The van der Waals surface area contributed by atoms with Crippen LogP contribution in [0.1, 0.15) is 5.56 Å². The second kappa shape index (κ2) is 4.69. The third-order valence-corrected chi connectivity index (χ3v) is 2.31. The third-order valence-electron chi connectivity index (χ3n) is 2.31. The highest BCUT2D eigenvalue weighted by Gasteiger charge is 2.04. The van der Waals surface area contributed by atoms with Gasteiger partial charge in [-0.1, -0.05) is 0 Å². The maximum atomic E-state index is 13.3. The molecule has 1 aromatic heterocycles. The predicted octanol–water partition coefficient (Wildman–Crippen LogP) is 2.12. The van der Waals surface area contributed by atoms with E-state index in [1.54, 1.807) is 12.1 Å². The van der Waals surface area contributed by atoms with Crippen molar-refractivity contribution >= 4 is 11.5 Å². The van der Waals surface area contributed by atoms with Crippen LogP contribution in [0.2, 0.25) is 0 Å². The minimum Gasteiger partial charge on any atom is -0.508 e. The molecule has 4 nitrogen and oxygen atoms in total. The molecule has 0 fully saturated rings. The summed E-state index contributed by atoms with van der Waals surface area (Å²) >= 11 is 0. The third kappa shape index (κ3) is 2.63. The molecule has 0 saturated carbocycles. The van der Waals surface area contributed by atoms with Crippen LogP contribution in [0.25, 0.3) is 0 Å². The van der Waals surface area contributed by atoms with Crippen LogP contribution < -0.4 is 11.1 Å². The zero-order valence-electron chi connectivity index (χ0n) is 9.02. The lowest BCUT2D eigenvalue weighted by Gasteiger charge is -2.08. The summed E-state index contributed by atoms with van der Waals surface area (Å²) in [5.41, 5.74) is 6.73. The topological polar surface area (TPSA) is 71.2 Å². The van der Waals surface area contributed by atoms with E-state index in [0.29, 0.717) is 11.3 Å². The van der Waals surface area contributed by atoms with Crippen molar-refractivity contribution in [1.82, 2.24) is 4.98 Å². The summed E-state index contributed by atoms with van der Waals surface area (Å²) in [7, 11) is 0. The van der Waals surface area contributed by atoms with Crippen LogP contribution in [0.3, 0.4) is 0 Å². The van der Waals surface area contributed by atoms with Gasteiger partial charge in [-0.2, -0.15) is 0 Å². The lowest BCUT2D eigenvalue weighted by Crippen LogP contribution is -2.04. The number of benzene rings is 1. The molecular formula is C12H12FN3O. The molecular weight excluding hydrogens is 221 g/mol. The van der Waals surface area contributed by atoms with Crippen LogP contribution in [-0.2, 0) is 6.54 Å². The molecule has 1 heterocycles. The van der Waals surface area contributed by atoms with Gasteiger partial charge in [0.15, 0.2) is 11.6 Å². The first-order valence-electron chi connectivity index (χ1n) is 5.08. The van der Waals surface area contributed by atoms with Crippen LogP contribution in [0.15, 0.2) is 36.5 Å². The first-order valence-corrected chi connectivity index (χ1v) is 5.08. The van der Waals surface area contributed by atoms with Gasteiger partial charge in [-0.3, -0.25) is 0 Å². The molecule has 1 aromatic carbocycles. The quantitative estimate of drug-likeness (QED) is 0.561. The Hall–Kier alpha value is -2.30. The molecule has 2 rings (SSSR count). The molecule has 0 atom stereocenters. The van der Waals surface area contributed by atoms with Crippen LogP contribution in [0.4, 0.5) is 15.9 Å². The molecule has 2 aromatic rings. The summed E-state index contributed by atoms with van der Waals surface area (Å²) in [5, 5.41) is 12.4. The van der Waals surface area contributed by atoms with Gasteiger partial charge in [0.1, 0.15) is 5.75 Å². The number of hydrogen-bond donors (Lipinski definition) is 3. The van der Waals surface area contributed by atoms with E-state index in [0.717, 1.165) is 0 Å². The molecule has 0 saturated heterocycles. The Morgan fingerprint density at radius 1 is 1.35 bits per heavy atom. The summed E-state index contributed by atoms with van der Waals surface area (Å²) in [6.45, 7) is 0.255. The number of aromatic hydroxyl groups is 1. The molecule has 0 radical (unpaired) electrons. The van der Waals surface area contributed by atoms with E-state index < -0.39 is 5.82 Å². The van der Waals surface area contributed by atoms with Crippen molar-refractivity contribution in [3.05, 3.63) is 47.9 Å². The van der Waals surface area contributed by atoms with Gasteiger partial charge < -0.3 is 16.2 Å². The van der Waals surface area contributed by atoms with Crippen molar-refractivity contribution in [2.45, 2.75) is 6.54 Å². The molecule has 5 heteroatoms. The van der Waals surface area contributed by atoms with E-state index in [4.69, 9.17) is 5.73 Å². The number of pyridine rings is 1. The van der Waals surface area contributed by atoms with Gasteiger partial charge in [-0.25, -0.2) is 9.37 Å². The number of nitrogens with zero attached hydrogens (tertiary/aromatic N) is 1. The number of aromatic nitrogens is 1. The van der Waals surface area contributed by atoms with Crippen molar-refractivity contribution in [2.24, 2.45) is 0 Å². The minimum absolute atomic E-state index is 0.114. The number of nitrogens with one attached hydrogen (secondary N) is 1. The highest BCUT2D eigenvalue weighted by Crippen LogP contribution is 2.21. The van der Waals surface area contributed by atoms with Crippen LogP contribution in [0, 0.1) is 5.82 Å². The highest BCUT2D eigenvalue weighted by molar-refractivity contribution is 5.49. The molecule has 0 aliphatic heterocycles. The van der Waals surface area contributed by atoms with E-state index in [9.17, 15) is 9.50 Å². The lowest BCUT2D eigenvalue weighted by atomic mass is 10.2. The maximum Gasteiger partial charge on any atom is 0.165 e. The van der Waals surface area contributed by atoms with Gasteiger partial charge in [0, 0.05) is 24.0 Å². The van der Waals surface area contributed by atoms with E-state index in [-0.39, 0.29) is 18.1 Å². The first kappa shape index (κ1) is 11.2. The van der Waals surface area contributed by atoms with Crippen LogP contribution in [-0.4, -0.2) is 10.1 Å². The SMILES string of the molecule is Nc1ccc(O)c(CNc2ncccc2F)c1. The number of nitrogens with two attached hydrogens (primary N) is 1. The summed E-state index contributed by atoms with van der Waals surface area (Å²) < 4.78 is 13.3. The Bertz CT molecular complexity index is 531. The summed E-state index contributed by atoms with van der Waals surface area (Å²) in [4.78, 5) is 3.85. The highest BCUT2D eigenvalue weighted by atomic mass is 19.1. The number of anilines is 2. The fourth-order valence-corrected chi connectivity index (χ4v) is 1.44. The number of rotatable bonds is 3. The van der Waals surface area contributed by atoms with E-state index in [1.807, 2.05) is 0 Å². The van der Waals surface area contributed by atoms with Crippen LogP contribution >= 0.6 is 0 Å². The zero-order chi connectivity index (χ0) is 12.3. The van der Waals surface area contributed by atoms with Crippen LogP contribution in [0.5, 0.6) is 5.75 Å². The van der Waals surface area contributed by atoms with Gasteiger partial charge in [0.25, 0.3) is 0 Å². The fourth-order valence-electron chi connectivity index (χ4n) is 1.44. The number of nitrogen functional groups attached to an aromatic ring is 1. The van der Waals surface area contributed by atoms with Gasteiger partial charge in [-0.15, -0.1) is 0 Å². The van der Waals surface area contributed by atoms with Crippen molar-refractivity contribution in [3.8, 4) is 5.75 Å². The van der Waals surface area contributed by atoms with Gasteiger partial charge in [0.05, 0.1) is 0 Å². The molecule has 0 aliphatic carbocycles. The average molecular weight is 233 g/mol. The van der Waals surface area contributed by atoms with E-state index >= 15 is 0 Å². The molecule has 0 aliphatic rings. The standard InChI is InChI=1S/C12H12FN3O/c13-10-2-1-5-15-12(10)16-7-8-6-9(14)3-4-11(8)17/h1-6,17H,7,14H2,(H,15,16). The Kier molecular flexibility index (Phi) is 3.09. The summed E-state index contributed by atoms with van der Waals surface area (Å²) in [6, 6.07) is 7.55. The molecule has 0 unspecified atom stereocenters. The Labute approximate surface area is 97.9 Å². The molecule has 4 N–H and O–H groups in total. The molecule has 88 valence electrons. The van der Waals surface area contributed by atoms with Crippen molar-refractivity contribution in [1.29, 1.82) is 0 Å². The second-order valence-corrected chi connectivity index (χ2v) is 3.58. The van der Waals surface area contributed by atoms with Gasteiger partial charge >= 0.3 is 0 Å². The molecule has 0 spiro atoms. The normalized spacial score (nSPS) is 10.2. The Morgan fingerprint density at radius 2 is 2.18 bits per heavy atom. The van der Waals surface area contributed by atoms with Crippen molar-refractivity contribution < 1.29 is 9.50 Å². The number of phenolic OH excluding ortho intramolecular Hbond substituents is 1. The van der Waals surface area contributed by atoms with Crippen molar-refractivity contribution in [2.75, 3.05) is 11.1 Å². The number of phenols is 1. The maximum absolute atomic E-state index is 13.3. The number of hydrogen-bond acceptors (Lipinski definition) is 4. The predicted molar refractivity (Wildman–Crippen MR) is 64.0 cm³/mol.